The van der Waals surface area contributed by atoms with Gasteiger partial charge in [-0.1, -0.05) is 18.2 Å². The van der Waals surface area contributed by atoms with E-state index in [1.807, 2.05) is 17.0 Å². The summed E-state index contributed by atoms with van der Waals surface area (Å²) in [5.74, 6) is 0.868. The van der Waals surface area contributed by atoms with Gasteiger partial charge < -0.3 is 20.4 Å². The van der Waals surface area contributed by atoms with Crippen LogP contribution in [0.5, 0.6) is 0 Å². The lowest BCUT2D eigenvalue weighted by Crippen LogP contribution is -2.46. The highest BCUT2D eigenvalue weighted by molar-refractivity contribution is 5.95. The SMILES string of the molecule is Cl.O=C(NCC1CCCN(CCC(=O)N2CCc3ccccc32)C1)C1CCCN1. The molecule has 2 atom stereocenters. The van der Waals surface area contributed by atoms with E-state index in [0.717, 1.165) is 77.1 Å². The minimum atomic E-state index is 0. The summed E-state index contributed by atoms with van der Waals surface area (Å²) in [6.07, 6.45) is 5.86. The lowest BCUT2D eigenvalue weighted by molar-refractivity contribution is -0.123. The number of nitrogens with one attached hydrogen (secondary N) is 2. The van der Waals surface area contributed by atoms with Crippen LogP contribution in [0.4, 0.5) is 5.69 Å². The third-order valence-electron chi connectivity index (χ3n) is 6.37. The fourth-order valence-electron chi connectivity index (χ4n) is 4.78. The van der Waals surface area contributed by atoms with Crippen molar-refractivity contribution in [2.75, 3.05) is 44.2 Å². The van der Waals surface area contributed by atoms with Gasteiger partial charge in [-0.15, -0.1) is 12.4 Å². The predicted molar refractivity (Wildman–Crippen MR) is 118 cm³/mol. The molecule has 1 aromatic carbocycles. The Hall–Kier alpha value is -1.63. The molecule has 7 heteroatoms. The van der Waals surface area contributed by atoms with Gasteiger partial charge in [-0.25, -0.2) is 0 Å². The molecule has 0 saturated carbocycles. The van der Waals surface area contributed by atoms with Crippen molar-refractivity contribution in [1.82, 2.24) is 15.5 Å². The van der Waals surface area contributed by atoms with Crippen LogP contribution in [0.15, 0.2) is 24.3 Å². The van der Waals surface area contributed by atoms with Gasteiger partial charge in [0.1, 0.15) is 0 Å². The monoisotopic (exact) mass is 420 g/mol. The molecule has 3 aliphatic heterocycles. The summed E-state index contributed by atoms with van der Waals surface area (Å²) in [6.45, 7) is 5.35. The smallest absolute Gasteiger partial charge is 0.237 e. The zero-order valence-corrected chi connectivity index (χ0v) is 17.9. The molecule has 4 rings (SSSR count). The Morgan fingerprint density at radius 1 is 1.14 bits per heavy atom. The normalized spacial score (nSPS) is 24.1. The second kappa shape index (κ2) is 10.4. The Bertz CT molecular complexity index is 708. The van der Waals surface area contributed by atoms with Gasteiger partial charge in [-0.2, -0.15) is 0 Å². The molecular formula is C22H33ClN4O2. The Kier molecular flexibility index (Phi) is 7.92. The van der Waals surface area contributed by atoms with E-state index in [1.165, 1.54) is 5.56 Å². The Morgan fingerprint density at radius 3 is 2.83 bits per heavy atom. The second-order valence-electron chi connectivity index (χ2n) is 8.38. The van der Waals surface area contributed by atoms with E-state index in [9.17, 15) is 9.59 Å². The molecule has 0 spiro atoms. The molecule has 160 valence electrons. The number of rotatable bonds is 6. The number of para-hydroxylation sites is 1. The first-order valence-corrected chi connectivity index (χ1v) is 10.8. The fourth-order valence-corrected chi connectivity index (χ4v) is 4.78. The van der Waals surface area contributed by atoms with Gasteiger partial charge in [-0.05, 0) is 62.7 Å². The Labute approximate surface area is 179 Å². The molecule has 0 aliphatic carbocycles. The standard InChI is InChI=1S/C22H32N4O2.ClH/c27-21(26-14-9-18-6-1-2-8-20(18)26)10-13-25-12-4-5-17(16-25)15-24-22(28)19-7-3-11-23-19;/h1-2,6,8,17,19,23H,3-5,7,9-16H2,(H,24,28);1H. The molecule has 0 bridgehead atoms. The zero-order chi connectivity index (χ0) is 19.3. The first-order chi connectivity index (χ1) is 13.7. The molecule has 1 aromatic rings. The third-order valence-corrected chi connectivity index (χ3v) is 6.37. The summed E-state index contributed by atoms with van der Waals surface area (Å²) in [6, 6.07) is 8.23. The fraction of sp³-hybridized carbons (Fsp3) is 0.636. The summed E-state index contributed by atoms with van der Waals surface area (Å²) in [7, 11) is 0. The molecule has 2 N–H and O–H groups in total. The molecule has 3 aliphatic rings. The number of anilines is 1. The maximum absolute atomic E-state index is 12.7. The van der Waals surface area contributed by atoms with Gasteiger partial charge in [0.15, 0.2) is 0 Å². The van der Waals surface area contributed by atoms with Crippen molar-refractivity contribution >= 4 is 29.9 Å². The van der Waals surface area contributed by atoms with Crippen LogP contribution in [-0.2, 0) is 16.0 Å². The summed E-state index contributed by atoms with van der Waals surface area (Å²) < 4.78 is 0. The van der Waals surface area contributed by atoms with E-state index < -0.39 is 0 Å². The van der Waals surface area contributed by atoms with Crippen LogP contribution in [-0.4, -0.2) is 62.0 Å². The lowest BCUT2D eigenvalue weighted by Gasteiger charge is -2.33. The largest absolute Gasteiger partial charge is 0.354 e. The van der Waals surface area contributed by atoms with Crippen molar-refractivity contribution in [2.45, 2.75) is 44.6 Å². The predicted octanol–water partition coefficient (Wildman–Crippen LogP) is 1.97. The number of benzene rings is 1. The third kappa shape index (κ3) is 5.50. The number of hydrogen-bond acceptors (Lipinski definition) is 4. The number of fused-ring (bicyclic) bond motifs is 1. The number of amides is 2. The van der Waals surface area contributed by atoms with E-state index in [4.69, 9.17) is 0 Å². The molecule has 0 aromatic heterocycles. The number of carbonyl (C=O) groups excluding carboxylic acids is 2. The second-order valence-corrected chi connectivity index (χ2v) is 8.38. The van der Waals surface area contributed by atoms with E-state index in [0.29, 0.717) is 12.3 Å². The summed E-state index contributed by atoms with van der Waals surface area (Å²) in [4.78, 5) is 29.3. The number of carbonyl (C=O) groups is 2. The minimum absolute atomic E-state index is 0. The zero-order valence-electron chi connectivity index (χ0n) is 17.1. The molecular weight excluding hydrogens is 388 g/mol. The van der Waals surface area contributed by atoms with Gasteiger partial charge in [0, 0.05) is 38.3 Å². The van der Waals surface area contributed by atoms with Crippen LogP contribution in [0.3, 0.4) is 0 Å². The van der Waals surface area contributed by atoms with E-state index >= 15 is 0 Å². The Balaban J connectivity index is 0.00000240. The van der Waals surface area contributed by atoms with Crippen LogP contribution in [0.2, 0.25) is 0 Å². The van der Waals surface area contributed by atoms with Gasteiger partial charge in [0.05, 0.1) is 6.04 Å². The van der Waals surface area contributed by atoms with Gasteiger partial charge in [-0.3, -0.25) is 9.59 Å². The average Bonchev–Trinajstić information content (AvgIpc) is 3.40. The topological polar surface area (TPSA) is 64.7 Å². The van der Waals surface area contributed by atoms with Crippen molar-refractivity contribution in [3.8, 4) is 0 Å². The van der Waals surface area contributed by atoms with Crippen LogP contribution in [0.25, 0.3) is 0 Å². The van der Waals surface area contributed by atoms with Gasteiger partial charge in [0.2, 0.25) is 11.8 Å². The highest BCUT2D eigenvalue weighted by Crippen LogP contribution is 2.28. The Morgan fingerprint density at radius 2 is 2.00 bits per heavy atom. The molecule has 2 amide bonds. The number of hydrogen-bond donors (Lipinski definition) is 2. The molecule has 0 radical (unpaired) electrons. The van der Waals surface area contributed by atoms with Gasteiger partial charge in [0.25, 0.3) is 0 Å². The average molecular weight is 421 g/mol. The van der Waals surface area contributed by atoms with Crippen LogP contribution >= 0.6 is 12.4 Å². The highest BCUT2D eigenvalue weighted by atomic mass is 35.5. The van der Waals surface area contributed by atoms with Crippen LogP contribution < -0.4 is 15.5 Å². The molecule has 3 heterocycles. The molecule has 6 nitrogen and oxygen atoms in total. The van der Waals surface area contributed by atoms with Crippen molar-refractivity contribution < 1.29 is 9.59 Å². The van der Waals surface area contributed by atoms with Crippen molar-refractivity contribution in [1.29, 1.82) is 0 Å². The van der Waals surface area contributed by atoms with Crippen molar-refractivity contribution in [2.24, 2.45) is 5.92 Å². The van der Waals surface area contributed by atoms with E-state index in [2.05, 4.69) is 27.7 Å². The maximum Gasteiger partial charge on any atom is 0.237 e. The first-order valence-electron chi connectivity index (χ1n) is 10.8. The highest BCUT2D eigenvalue weighted by Gasteiger charge is 2.27. The summed E-state index contributed by atoms with van der Waals surface area (Å²) >= 11 is 0. The van der Waals surface area contributed by atoms with E-state index in [1.54, 1.807) is 0 Å². The quantitative estimate of drug-likeness (QED) is 0.738. The molecule has 2 fully saturated rings. The summed E-state index contributed by atoms with van der Waals surface area (Å²) in [5, 5.41) is 6.39. The molecule has 2 saturated heterocycles. The first kappa shape index (κ1) is 22.1. The number of likely N-dealkylation sites (tertiary alicyclic amines) is 1. The van der Waals surface area contributed by atoms with Crippen LogP contribution in [0.1, 0.15) is 37.7 Å². The lowest BCUT2D eigenvalue weighted by atomic mass is 9.97. The van der Waals surface area contributed by atoms with E-state index in [-0.39, 0.29) is 30.3 Å². The number of nitrogens with zero attached hydrogens (tertiary/aromatic N) is 2. The summed E-state index contributed by atoms with van der Waals surface area (Å²) in [5.41, 5.74) is 2.37. The number of halogens is 1. The van der Waals surface area contributed by atoms with Gasteiger partial charge >= 0.3 is 0 Å². The molecule has 2 unspecified atom stereocenters. The van der Waals surface area contributed by atoms with Crippen LogP contribution in [0, 0.1) is 5.92 Å². The number of piperidine rings is 1. The molecule has 29 heavy (non-hydrogen) atoms. The van der Waals surface area contributed by atoms with Crippen molar-refractivity contribution in [3.05, 3.63) is 29.8 Å². The minimum Gasteiger partial charge on any atom is -0.354 e. The maximum atomic E-state index is 12.7. The van der Waals surface area contributed by atoms with Crippen molar-refractivity contribution in [3.63, 3.8) is 0 Å².